The molecule has 0 spiro atoms. The van der Waals surface area contributed by atoms with E-state index >= 15 is 0 Å². The summed E-state index contributed by atoms with van der Waals surface area (Å²) in [5.74, 6) is 14.8. The number of Topliss-reactive ketones (excluding diaryl/α,β-unsaturated/α-hetero) is 1. The molecular weight excluding hydrogens is 360 g/mol. The highest BCUT2D eigenvalue weighted by atomic mass is 28.3. The van der Waals surface area contributed by atoms with E-state index in [1.807, 2.05) is 44.2 Å². The molecule has 0 aromatic heterocycles. The molecule has 3 heteroatoms. The normalized spacial score (nSPS) is 9.75. The van der Waals surface area contributed by atoms with Crippen LogP contribution in [0.3, 0.4) is 0 Å². The zero-order valence-corrected chi connectivity index (χ0v) is 18.1. The van der Waals surface area contributed by atoms with Gasteiger partial charge in [0.25, 0.3) is 0 Å². The van der Waals surface area contributed by atoms with Crippen LogP contribution in [0.4, 0.5) is 0 Å². The molecule has 0 saturated heterocycles. The van der Waals surface area contributed by atoms with Crippen molar-refractivity contribution in [2.75, 3.05) is 6.61 Å². The van der Waals surface area contributed by atoms with Crippen LogP contribution in [0, 0.1) is 49.0 Å². The maximum Gasteiger partial charge on any atom is 0.236 e. The third-order valence-corrected chi connectivity index (χ3v) is 4.45. The van der Waals surface area contributed by atoms with Crippen LogP contribution in [0.1, 0.15) is 27.0 Å². The third-order valence-electron chi connectivity index (χ3n) is 3.58. The van der Waals surface area contributed by atoms with Crippen molar-refractivity contribution in [3.05, 3.63) is 64.7 Å². The van der Waals surface area contributed by atoms with Gasteiger partial charge in [0.15, 0.2) is 0 Å². The topological polar surface area (TPSA) is 26.3 Å². The van der Waals surface area contributed by atoms with E-state index in [9.17, 15) is 4.79 Å². The Morgan fingerprint density at radius 1 is 1.00 bits per heavy atom. The van der Waals surface area contributed by atoms with Crippen LogP contribution < -0.4 is 4.74 Å². The number of hydrogen-bond donors (Lipinski definition) is 0. The lowest BCUT2D eigenvalue weighted by atomic mass is 10.0. The van der Waals surface area contributed by atoms with Crippen molar-refractivity contribution in [2.24, 2.45) is 0 Å². The second kappa shape index (κ2) is 9.66. The fourth-order valence-electron chi connectivity index (χ4n) is 2.42. The first-order valence-electron chi connectivity index (χ1n) is 9.11. The van der Waals surface area contributed by atoms with Gasteiger partial charge in [-0.25, -0.2) is 0 Å². The highest BCUT2D eigenvalue weighted by Crippen LogP contribution is 2.15. The minimum atomic E-state index is -1.60. The first kappa shape index (κ1) is 21.1. The molecule has 0 fully saturated rings. The SMILES string of the molecule is Cc1cc(C)cc(OCC#CC#Cc2ccccc2C(=O)C#C[Si](C)(C)C)c1. The van der Waals surface area contributed by atoms with E-state index in [1.54, 1.807) is 6.07 Å². The maximum absolute atomic E-state index is 12.4. The van der Waals surface area contributed by atoms with Crippen molar-refractivity contribution in [1.29, 1.82) is 0 Å². The summed E-state index contributed by atoms with van der Waals surface area (Å²) in [6.07, 6.45) is 0. The van der Waals surface area contributed by atoms with Crippen molar-refractivity contribution in [1.82, 2.24) is 0 Å². The molecule has 28 heavy (non-hydrogen) atoms. The number of hydrogen-bond acceptors (Lipinski definition) is 2. The van der Waals surface area contributed by atoms with Crippen molar-refractivity contribution < 1.29 is 9.53 Å². The van der Waals surface area contributed by atoms with Crippen molar-refractivity contribution in [3.63, 3.8) is 0 Å². The molecule has 2 nitrogen and oxygen atoms in total. The quantitative estimate of drug-likeness (QED) is 0.432. The number of benzene rings is 2. The Morgan fingerprint density at radius 3 is 2.36 bits per heavy atom. The zero-order chi connectivity index (χ0) is 20.6. The van der Waals surface area contributed by atoms with Gasteiger partial charge in [0.2, 0.25) is 5.78 Å². The lowest BCUT2D eigenvalue weighted by Crippen LogP contribution is -2.17. The molecule has 2 aromatic carbocycles. The highest BCUT2D eigenvalue weighted by Gasteiger charge is 2.11. The van der Waals surface area contributed by atoms with Gasteiger partial charge in [0.05, 0.1) is 0 Å². The molecule has 0 bridgehead atoms. The van der Waals surface area contributed by atoms with Crippen molar-refractivity contribution in [3.8, 4) is 40.9 Å². The Morgan fingerprint density at radius 2 is 1.68 bits per heavy atom. The summed E-state index contributed by atoms with van der Waals surface area (Å²) in [5, 5.41) is 0. The second-order valence-corrected chi connectivity index (χ2v) is 12.3. The van der Waals surface area contributed by atoms with E-state index in [4.69, 9.17) is 4.74 Å². The minimum absolute atomic E-state index is 0.196. The van der Waals surface area contributed by atoms with Crippen LogP contribution in [-0.4, -0.2) is 20.5 Å². The smallest absolute Gasteiger partial charge is 0.236 e. The molecule has 0 aliphatic heterocycles. The molecule has 0 unspecified atom stereocenters. The van der Waals surface area contributed by atoms with Crippen LogP contribution in [0.2, 0.25) is 19.6 Å². The fraction of sp³-hybridized carbons (Fsp3) is 0.240. The average Bonchev–Trinajstić information content (AvgIpc) is 2.61. The van der Waals surface area contributed by atoms with Gasteiger partial charge in [-0.3, -0.25) is 4.79 Å². The molecule has 0 aliphatic carbocycles. The Balaban J connectivity index is 2.06. The van der Waals surface area contributed by atoms with E-state index < -0.39 is 8.07 Å². The number of ether oxygens (including phenoxy) is 1. The zero-order valence-electron chi connectivity index (χ0n) is 17.1. The van der Waals surface area contributed by atoms with E-state index in [0.29, 0.717) is 11.1 Å². The number of aryl methyl sites for hydroxylation is 2. The average molecular weight is 385 g/mol. The maximum atomic E-state index is 12.4. The van der Waals surface area contributed by atoms with E-state index in [2.05, 4.69) is 60.9 Å². The first-order valence-corrected chi connectivity index (χ1v) is 12.6. The molecule has 0 amide bonds. The monoisotopic (exact) mass is 384 g/mol. The Bertz CT molecular complexity index is 1030. The van der Waals surface area contributed by atoms with E-state index in [1.165, 1.54) is 0 Å². The van der Waals surface area contributed by atoms with Gasteiger partial charge < -0.3 is 4.74 Å². The van der Waals surface area contributed by atoms with Crippen molar-refractivity contribution >= 4 is 13.9 Å². The molecule has 2 aromatic rings. The molecule has 0 atom stereocenters. The summed E-state index contributed by atoms with van der Waals surface area (Å²) in [6.45, 7) is 10.6. The van der Waals surface area contributed by atoms with Gasteiger partial charge in [-0.2, -0.15) is 0 Å². The summed E-state index contributed by atoms with van der Waals surface area (Å²) >= 11 is 0. The summed E-state index contributed by atoms with van der Waals surface area (Å²) in [7, 11) is -1.60. The number of ketones is 1. The van der Waals surface area contributed by atoms with Gasteiger partial charge in [0.1, 0.15) is 20.4 Å². The summed E-state index contributed by atoms with van der Waals surface area (Å²) in [6, 6.07) is 13.3. The molecule has 0 saturated carbocycles. The molecule has 140 valence electrons. The highest BCUT2D eigenvalue weighted by molar-refractivity contribution is 6.84. The standard InChI is InChI=1S/C25H24O2Si/c1-20-17-21(2)19-23(18-20)27-15-10-6-7-11-22-12-8-9-13-24(22)25(26)14-16-28(3,4)5/h8-9,12-13,17-19H,15H2,1-5H3. The molecule has 2 rings (SSSR count). The summed E-state index contributed by atoms with van der Waals surface area (Å²) < 4.78 is 5.64. The minimum Gasteiger partial charge on any atom is -0.481 e. The Hall–Kier alpha value is -3.19. The Labute approximate surface area is 169 Å². The lowest BCUT2D eigenvalue weighted by Gasteiger charge is -2.04. The van der Waals surface area contributed by atoms with Gasteiger partial charge in [0, 0.05) is 11.1 Å². The van der Waals surface area contributed by atoms with Crippen LogP contribution in [0.15, 0.2) is 42.5 Å². The second-order valence-electron chi connectivity index (χ2n) is 7.54. The van der Waals surface area contributed by atoms with Crippen LogP contribution in [-0.2, 0) is 0 Å². The van der Waals surface area contributed by atoms with Gasteiger partial charge >= 0.3 is 0 Å². The number of carbonyl (C=O) groups excluding carboxylic acids is 1. The van der Waals surface area contributed by atoms with Crippen molar-refractivity contribution in [2.45, 2.75) is 33.5 Å². The number of rotatable bonds is 3. The lowest BCUT2D eigenvalue weighted by molar-refractivity contribution is 0.105. The summed E-state index contributed by atoms with van der Waals surface area (Å²) in [4.78, 5) is 12.4. The predicted molar refractivity (Wildman–Crippen MR) is 118 cm³/mol. The molecule has 0 heterocycles. The first-order chi connectivity index (χ1) is 13.2. The third kappa shape index (κ3) is 7.20. The van der Waals surface area contributed by atoms with E-state index in [-0.39, 0.29) is 12.4 Å². The number of carbonyl (C=O) groups is 1. The largest absolute Gasteiger partial charge is 0.481 e. The summed E-state index contributed by atoms with van der Waals surface area (Å²) in [5.41, 5.74) is 6.57. The van der Waals surface area contributed by atoms with E-state index in [0.717, 1.165) is 16.9 Å². The predicted octanol–water partition coefficient (Wildman–Crippen LogP) is 4.80. The van der Waals surface area contributed by atoms with Gasteiger partial charge in [-0.15, -0.1) is 5.54 Å². The molecule has 0 aliphatic rings. The van der Waals surface area contributed by atoms with Gasteiger partial charge in [-0.1, -0.05) is 43.8 Å². The Kier molecular flexibility index (Phi) is 7.28. The molecule has 0 radical (unpaired) electrons. The molecule has 0 N–H and O–H groups in total. The fourth-order valence-corrected chi connectivity index (χ4v) is 2.90. The van der Waals surface area contributed by atoms with Crippen LogP contribution in [0.5, 0.6) is 5.75 Å². The van der Waals surface area contributed by atoms with Crippen LogP contribution in [0.25, 0.3) is 0 Å². The van der Waals surface area contributed by atoms with Gasteiger partial charge in [-0.05, 0) is 72.9 Å². The van der Waals surface area contributed by atoms with Crippen LogP contribution >= 0.6 is 0 Å². The molecular formula is C25H24O2Si.